The molecule has 0 spiro atoms. The maximum absolute atomic E-state index is 11.5. The maximum atomic E-state index is 11.5. The summed E-state index contributed by atoms with van der Waals surface area (Å²) in [6.45, 7) is 0. The second-order valence-corrected chi connectivity index (χ2v) is 7.38. The monoisotopic (exact) mass is 308 g/mol. The van der Waals surface area contributed by atoms with Crippen LogP contribution in [0.5, 0.6) is 5.75 Å². The van der Waals surface area contributed by atoms with Crippen LogP contribution in [-0.4, -0.2) is 14.5 Å². The third kappa shape index (κ3) is 3.53. The number of rotatable bonds is 3. The molecule has 1 aromatic rings. The first kappa shape index (κ1) is 14.0. The van der Waals surface area contributed by atoms with Gasteiger partial charge in [-0.2, -0.15) is 0 Å². The summed E-state index contributed by atoms with van der Waals surface area (Å²) >= 11 is 5.79. The molecule has 0 unspecified atom stereocenters. The number of benzene rings is 1. The van der Waals surface area contributed by atoms with E-state index in [2.05, 4.69) is 0 Å². The van der Waals surface area contributed by atoms with E-state index in [0.717, 1.165) is 25.7 Å². The highest BCUT2D eigenvalue weighted by Gasteiger charge is 2.21. The quantitative estimate of drug-likeness (QED) is 0.793. The summed E-state index contributed by atoms with van der Waals surface area (Å²) in [4.78, 5) is -0.0535. The van der Waals surface area contributed by atoms with Crippen molar-refractivity contribution >= 4 is 31.3 Å². The highest BCUT2D eigenvalue weighted by molar-refractivity contribution is 8.13. The number of halogens is 2. The van der Waals surface area contributed by atoms with Crippen LogP contribution in [0.4, 0.5) is 0 Å². The Balaban J connectivity index is 2.26. The van der Waals surface area contributed by atoms with Crippen LogP contribution in [0.25, 0.3) is 0 Å². The van der Waals surface area contributed by atoms with E-state index < -0.39 is 9.05 Å². The van der Waals surface area contributed by atoms with Gasteiger partial charge in [0.2, 0.25) is 0 Å². The molecule has 2 rings (SSSR count). The smallest absolute Gasteiger partial charge is 0.265 e. The molecule has 0 aromatic heterocycles. The lowest BCUT2D eigenvalue weighted by molar-refractivity contribution is 0.151. The SMILES string of the molecule is O=S(=O)(Cl)c1cc(Cl)ccc1OC1CCCCC1. The van der Waals surface area contributed by atoms with Gasteiger partial charge in [-0.1, -0.05) is 18.0 Å². The van der Waals surface area contributed by atoms with E-state index in [1.807, 2.05) is 0 Å². The lowest BCUT2D eigenvalue weighted by Gasteiger charge is -2.23. The minimum Gasteiger partial charge on any atom is -0.489 e. The Morgan fingerprint density at radius 3 is 2.44 bits per heavy atom. The molecular formula is C12H14Cl2O3S. The van der Waals surface area contributed by atoms with Crippen LogP contribution in [0, 0.1) is 0 Å². The van der Waals surface area contributed by atoms with E-state index in [1.165, 1.54) is 12.5 Å². The number of hydrogen-bond acceptors (Lipinski definition) is 3. The first-order chi connectivity index (χ1) is 8.47. The van der Waals surface area contributed by atoms with Crippen LogP contribution < -0.4 is 4.74 Å². The molecule has 0 amide bonds. The van der Waals surface area contributed by atoms with Gasteiger partial charge in [0.05, 0.1) is 6.10 Å². The lowest BCUT2D eigenvalue weighted by atomic mass is 9.98. The molecule has 0 radical (unpaired) electrons. The topological polar surface area (TPSA) is 43.4 Å². The molecule has 3 nitrogen and oxygen atoms in total. The molecule has 0 bridgehead atoms. The fraction of sp³-hybridized carbons (Fsp3) is 0.500. The van der Waals surface area contributed by atoms with Crippen LogP contribution in [0.3, 0.4) is 0 Å². The standard InChI is InChI=1S/C12H14Cl2O3S/c13-9-6-7-11(12(8-9)18(14,15)16)17-10-4-2-1-3-5-10/h6-8,10H,1-5H2. The van der Waals surface area contributed by atoms with Crippen LogP contribution in [0.15, 0.2) is 23.1 Å². The van der Waals surface area contributed by atoms with Crippen molar-refractivity contribution in [1.29, 1.82) is 0 Å². The molecular weight excluding hydrogens is 295 g/mol. The predicted molar refractivity (Wildman–Crippen MR) is 72.0 cm³/mol. The number of hydrogen-bond donors (Lipinski definition) is 0. The van der Waals surface area contributed by atoms with Crippen molar-refractivity contribution in [3.63, 3.8) is 0 Å². The van der Waals surface area contributed by atoms with E-state index in [1.54, 1.807) is 12.1 Å². The fourth-order valence-electron chi connectivity index (χ4n) is 2.13. The molecule has 100 valence electrons. The molecule has 0 saturated heterocycles. The highest BCUT2D eigenvalue weighted by Crippen LogP contribution is 2.32. The average molecular weight is 309 g/mol. The molecule has 0 aliphatic heterocycles. The van der Waals surface area contributed by atoms with E-state index >= 15 is 0 Å². The van der Waals surface area contributed by atoms with Gasteiger partial charge in [0.15, 0.2) is 0 Å². The summed E-state index contributed by atoms with van der Waals surface area (Å²) in [5.74, 6) is 0.293. The first-order valence-corrected chi connectivity index (χ1v) is 8.56. The summed E-state index contributed by atoms with van der Waals surface area (Å²) < 4.78 is 28.7. The minimum absolute atomic E-state index is 0.0535. The Morgan fingerprint density at radius 2 is 1.83 bits per heavy atom. The summed E-state index contributed by atoms with van der Waals surface area (Å²) in [6.07, 6.45) is 5.40. The van der Waals surface area contributed by atoms with Gasteiger partial charge in [0.25, 0.3) is 9.05 Å². The zero-order valence-corrected chi connectivity index (χ0v) is 12.1. The summed E-state index contributed by atoms with van der Waals surface area (Å²) in [5.41, 5.74) is 0. The first-order valence-electron chi connectivity index (χ1n) is 5.88. The largest absolute Gasteiger partial charge is 0.489 e. The van der Waals surface area contributed by atoms with Crippen LogP contribution >= 0.6 is 22.3 Å². The minimum atomic E-state index is -3.84. The Hall–Kier alpha value is -0.450. The Bertz CT molecular complexity index is 522. The molecule has 1 aliphatic rings. The van der Waals surface area contributed by atoms with E-state index in [9.17, 15) is 8.42 Å². The third-order valence-electron chi connectivity index (χ3n) is 3.01. The molecule has 1 saturated carbocycles. The van der Waals surface area contributed by atoms with Crippen LogP contribution in [0.2, 0.25) is 5.02 Å². The molecule has 0 heterocycles. The maximum Gasteiger partial charge on any atom is 0.265 e. The highest BCUT2D eigenvalue weighted by atomic mass is 35.7. The van der Waals surface area contributed by atoms with Gasteiger partial charge in [0, 0.05) is 15.7 Å². The van der Waals surface area contributed by atoms with Gasteiger partial charge in [0.1, 0.15) is 10.6 Å². The second kappa shape index (κ2) is 5.68. The normalized spacial score (nSPS) is 17.7. The zero-order chi connectivity index (χ0) is 13.2. The summed E-state index contributed by atoms with van der Waals surface area (Å²) in [5, 5.41) is 0.324. The van der Waals surface area contributed by atoms with Crippen molar-refractivity contribution in [2.24, 2.45) is 0 Å². The van der Waals surface area contributed by atoms with Crippen molar-refractivity contribution in [2.75, 3.05) is 0 Å². The van der Waals surface area contributed by atoms with Gasteiger partial charge in [-0.3, -0.25) is 0 Å². The predicted octanol–water partition coefficient (Wildman–Crippen LogP) is 3.98. The summed E-state index contributed by atoms with van der Waals surface area (Å²) in [7, 11) is 1.54. The van der Waals surface area contributed by atoms with Crippen LogP contribution in [0.1, 0.15) is 32.1 Å². The third-order valence-corrected chi connectivity index (χ3v) is 4.59. The van der Waals surface area contributed by atoms with Crippen LogP contribution in [-0.2, 0) is 9.05 Å². The van der Waals surface area contributed by atoms with Gasteiger partial charge in [-0.05, 0) is 43.9 Å². The molecule has 6 heteroatoms. The van der Waals surface area contributed by atoms with Gasteiger partial charge in [-0.25, -0.2) is 8.42 Å². The molecule has 0 N–H and O–H groups in total. The lowest BCUT2D eigenvalue weighted by Crippen LogP contribution is -2.20. The Labute approximate surface area is 116 Å². The van der Waals surface area contributed by atoms with Gasteiger partial charge in [-0.15, -0.1) is 0 Å². The molecule has 18 heavy (non-hydrogen) atoms. The Kier molecular flexibility index (Phi) is 4.41. The van der Waals surface area contributed by atoms with Crippen molar-refractivity contribution in [2.45, 2.75) is 43.1 Å². The fourth-order valence-corrected chi connectivity index (χ4v) is 3.36. The Morgan fingerprint density at radius 1 is 1.17 bits per heavy atom. The zero-order valence-electron chi connectivity index (χ0n) is 9.73. The molecule has 1 aromatic carbocycles. The molecule has 1 aliphatic carbocycles. The van der Waals surface area contributed by atoms with E-state index in [4.69, 9.17) is 27.0 Å². The van der Waals surface area contributed by atoms with Crippen molar-refractivity contribution < 1.29 is 13.2 Å². The number of ether oxygens (including phenoxy) is 1. The molecule has 1 fully saturated rings. The van der Waals surface area contributed by atoms with Crippen molar-refractivity contribution in [3.8, 4) is 5.75 Å². The van der Waals surface area contributed by atoms with E-state index in [-0.39, 0.29) is 11.0 Å². The summed E-state index contributed by atoms with van der Waals surface area (Å²) in [6, 6.07) is 4.49. The van der Waals surface area contributed by atoms with Crippen molar-refractivity contribution in [3.05, 3.63) is 23.2 Å². The molecule has 0 atom stereocenters. The van der Waals surface area contributed by atoms with E-state index in [0.29, 0.717) is 10.8 Å². The average Bonchev–Trinajstić information content (AvgIpc) is 2.31. The second-order valence-electron chi connectivity index (χ2n) is 4.41. The van der Waals surface area contributed by atoms with Gasteiger partial charge < -0.3 is 4.74 Å². The van der Waals surface area contributed by atoms with Gasteiger partial charge >= 0.3 is 0 Å². The van der Waals surface area contributed by atoms with Crippen molar-refractivity contribution in [1.82, 2.24) is 0 Å².